The van der Waals surface area contributed by atoms with E-state index in [4.69, 9.17) is 5.73 Å². The Labute approximate surface area is 93.4 Å². The highest BCUT2D eigenvalue weighted by Gasteiger charge is 2.08. The average Bonchev–Trinajstić information content (AvgIpc) is 2.21. The van der Waals surface area contributed by atoms with Gasteiger partial charge in [-0.1, -0.05) is 6.58 Å². The molecule has 0 aliphatic carbocycles. The van der Waals surface area contributed by atoms with Gasteiger partial charge in [0.25, 0.3) is 0 Å². The second-order valence-corrected chi connectivity index (χ2v) is 3.04. The average molecular weight is 229 g/mol. The number of nitrogens with two attached hydrogens (primary N) is 1. The number of ether oxygens (including phenoxy) is 2. The summed E-state index contributed by atoms with van der Waals surface area (Å²) in [7, 11) is 0. The molecular weight excluding hydrogens is 214 g/mol. The molecule has 0 aliphatic rings. The van der Waals surface area contributed by atoms with Crippen molar-refractivity contribution in [1.29, 1.82) is 0 Å². The molecule has 0 amide bonds. The lowest BCUT2D eigenvalue weighted by Crippen LogP contribution is -2.18. The third-order valence-corrected chi connectivity index (χ3v) is 1.51. The molecule has 0 aliphatic heterocycles. The highest BCUT2D eigenvalue weighted by atomic mass is 16.6. The molecule has 2 N–H and O–H groups in total. The van der Waals surface area contributed by atoms with Crippen LogP contribution >= 0.6 is 0 Å². The first-order chi connectivity index (χ1) is 7.47. The Kier molecular flexibility index (Phi) is 6.78. The maximum Gasteiger partial charge on any atom is 0.334 e. The van der Waals surface area contributed by atoms with E-state index in [1.54, 1.807) is 0 Å². The molecule has 16 heavy (non-hydrogen) atoms. The van der Waals surface area contributed by atoms with Gasteiger partial charge in [-0.2, -0.15) is 0 Å². The lowest BCUT2D eigenvalue weighted by Gasteiger charge is -2.06. The van der Waals surface area contributed by atoms with Gasteiger partial charge < -0.3 is 15.2 Å². The molecule has 0 bridgehead atoms. The maximum atomic E-state index is 11.0. The standard InChI is InChI=1S/C10H15NO5/c1-7(6-11)10(14)16-4-3-15-9(13)5-8(2)12/h1,3-6,11H2,2H3. The number of hydrogen-bond acceptors (Lipinski definition) is 6. The van der Waals surface area contributed by atoms with E-state index in [1.807, 2.05) is 0 Å². The SMILES string of the molecule is C=C(CN)C(=O)OCCOC(=O)CC(C)=O. The van der Waals surface area contributed by atoms with Gasteiger partial charge in [0.05, 0.1) is 0 Å². The highest BCUT2D eigenvalue weighted by molar-refractivity contribution is 5.94. The Morgan fingerprint density at radius 2 is 1.75 bits per heavy atom. The minimum Gasteiger partial charge on any atom is -0.462 e. The number of rotatable bonds is 7. The molecule has 0 saturated heterocycles. The summed E-state index contributed by atoms with van der Waals surface area (Å²) in [6.07, 6.45) is -0.274. The van der Waals surface area contributed by atoms with Crippen LogP contribution in [0, 0.1) is 0 Å². The summed E-state index contributed by atoms with van der Waals surface area (Å²) in [6, 6.07) is 0. The number of esters is 2. The maximum absolute atomic E-state index is 11.0. The van der Waals surface area contributed by atoms with Crippen molar-refractivity contribution in [2.45, 2.75) is 13.3 Å². The first kappa shape index (κ1) is 14.3. The molecule has 90 valence electrons. The molecule has 0 rings (SSSR count). The van der Waals surface area contributed by atoms with Crippen molar-refractivity contribution in [2.24, 2.45) is 5.73 Å². The molecule has 6 nitrogen and oxygen atoms in total. The van der Waals surface area contributed by atoms with Crippen LogP contribution in [-0.2, 0) is 23.9 Å². The molecule has 0 unspecified atom stereocenters. The van der Waals surface area contributed by atoms with Crippen molar-refractivity contribution in [3.8, 4) is 0 Å². The van der Waals surface area contributed by atoms with Gasteiger partial charge in [0.1, 0.15) is 25.4 Å². The Balaban J connectivity index is 3.61. The summed E-state index contributed by atoms with van der Waals surface area (Å²) in [6.45, 7) is 4.51. The van der Waals surface area contributed by atoms with E-state index in [-0.39, 0.29) is 37.5 Å². The van der Waals surface area contributed by atoms with Crippen molar-refractivity contribution < 1.29 is 23.9 Å². The van der Waals surface area contributed by atoms with E-state index in [0.29, 0.717) is 0 Å². The minimum atomic E-state index is -0.638. The normalized spacial score (nSPS) is 9.38. The molecule has 0 aromatic rings. The van der Waals surface area contributed by atoms with E-state index in [1.165, 1.54) is 6.92 Å². The van der Waals surface area contributed by atoms with Crippen LogP contribution in [0.2, 0.25) is 0 Å². The Bertz CT molecular complexity index is 298. The molecule has 0 atom stereocenters. The second-order valence-electron chi connectivity index (χ2n) is 3.04. The van der Waals surface area contributed by atoms with Crippen LogP contribution in [0.4, 0.5) is 0 Å². The molecule has 0 aromatic heterocycles. The fraction of sp³-hybridized carbons (Fsp3) is 0.500. The van der Waals surface area contributed by atoms with Gasteiger partial charge in [0.2, 0.25) is 0 Å². The van der Waals surface area contributed by atoms with Gasteiger partial charge in [-0.25, -0.2) is 4.79 Å². The Morgan fingerprint density at radius 1 is 1.19 bits per heavy atom. The number of hydrogen-bond donors (Lipinski definition) is 1. The molecule has 0 heterocycles. The van der Waals surface area contributed by atoms with Crippen molar-refractivity contribution in [3.05, 3.63) is 12.2 Å². The molecular formula is C10H15NO5. The van der Waals surface area contributed by atoms with Crippen molar-refractivity contribution in [3.63, 3.8) is 0 Å². The lowest BCUT2D eigenvalue weighted by molar-refractivity contribution is -0.151. The van der Waals surface area contributed by atoms with E-state index in [9.17, 15) is 14.4 Å². The third-order valence-electron chi connectivity index (χ3n) is 1.51. The fourth-order valence-electron chi connectivity index (χ4n) is 0.730. The van der Waals surface area contributed by atoms with Gasteiger partial charge in [0.15, 0.2) is 0 Å². The summed E-state index contributed by atoms with van der Waals surface area (Å²) in [5.41, 5.74) is 5.31. The largest absolute Gasteiger partial charge is 0.462 e. The van der Waals surface area contributed by atoms with Crippen LogP contribution in [0.15, 0.2) is 12.2 Å². The predicted octanol–water partition coefficient (Wildman–Crippen LogP) is -0.433. The van der Waals surface area contributed by atoms with E-state index in [2.05, 4.69) is 16.1 Å². The Hall–Kier alpha value is -1.69. The number of carbonyl (C=O) groups is 3. The summed E-state index contributed by atoms with van der Waals surface area (Å²) in [5.74, 6) is -1.54. The molecule has 0 radical (unpaired) electrons. The number of Topliss-reactive ketones (excluding diaryl/α,β-unsaturated/α-hetero) is 1. The van der Waals surface area contributed by atoms with Gasteiger partial charge in [-0.05, 0) is 6.92 Å². The fourth-order valence-corrected chi connectivity index (χ4v) is 0.730. The summed E-state index contributed by atoms with van der Waals surface area (Å²) in [5, 5.41) is 0. The summed E-state index contributed by atoms with van der Waals surface area (Å²) in [4.78, 5) is 32.4. The lowest BCUT2D eigenvalue weighted by atomic mass is 10.3. The van der Waals surface area contributed by atoms with Gasteiger partial charge in [0, 0.05) is 12.1 Å². The van der Waals surface area contributed by atoms with Crippen LogP contribution in [-0.4, -0.2) is 37.5 Å². The van der Waals surface area contributed by atoms with Gasteiger partial charge in [-0.3, -0.25) is 9.59 Å². The van der Waals surface area contributed by atoms with Crippen LogP contribution in [0.1, 0.15) is 13.3 Å². The molecule has 0 aromatic carbocycles. The van der Waals surface area contributed by atoms with Crippen molar-refractivity contribution in [2.75, 3.05) is 19.8 Å². The van der Waals surface area contributed by atoms with Crippen molar-refractivity contribution in [1.82, 2.24) is 0 Å². The molecule has 0 spiro atoms. The second kappa shape index (κ2) is 7.58. The first-order valence-electron chi connectivity index (χ1n) is 4.67. The molecule has 0 saturated carbocycles. The molecule has 6 heteroatoms. The zero-order valence-corrected chi connectivity index (χ0v) is 9.15. The quantitative estimate of drug-likeness (QED) is 0.275. The number of carbonyl (C=O) groups excluding carboxylic acids is 3. The van der Waals surface area contributed by atoms with Crippen molar-refractivity contribution >= 4 is 17.7 Å². The zero-order valence-electron chi connectivity index (χ0n) is 9.15. The third kappa shape index (κ3) is 6.72. The number of ketones is 1. The molecule has 0 fully saturated rings. The predicted molar refractivity (Wildman–Crippen MR) is 55.4 cm³/mol. The van der Waals surface area contributed by atoms with Gasteiger partial charge >= 0.3 is 11.9 Å². The smallest absolute Gasteiger partial charge is 0.334 e. The zero-order chi connectivity index (χ0) is 12.6. The Morgan fingerprint density at radius 3 is 2.25 bits per heavy atom. The van der Waals surface area contributed by atoms with Crippen LogP contribution in [0.25, 0.3) is 0 Å². The topological polar surface area (TPSA) is 95.7 Å². The summed E-state index contributed by atoms with van der Waals surface area (Å²) >= 11 is 0. The first-order valence-corrected chi connectivity index (χ1v) is 4.67. The van der Waals surface area contributed by atoms with Gasteiger partial charge in [-0.15, -0.1) is 0 Å². The van der Waals surface area contributed by atoms with Crippen LogP contribution < -0.4 is 5.73 Å². The van der Waals surface area contributed by atoms with E-state index in [0.717, 1.165) is 0 Å². The van der Waals surface area contributed by atoms with E-state index >= 15 is 0 Å². The van der Waals surface area contributed by atoms with Crippen LogP contribution in [0.5, 0.6) is 0 Å². The van der Waals surface area contributed by atoms with Crippen LogP contribution in [0.3, 0.4) is 0 Å². The summed E-state index contributed by atoms with van der Waals surface area (Å²) < 4.78 is 9.29. The monoisotopic (exact) mass is 229 g/mol. The van der Waals surface area contributed by atoms with E-state index < -0.39 is 11.9 Å². The highest BCUT2D eigenvalue weighted by Crippen LogP contribution is 1.93. The minimum absolute atomic E-state index is 0.0168.